The predicted molar refractivity (Wildman–Crippen MR) is 77.7 cm³/mol. The highest BCUT2D eigenvalue weighted by Gasteiger charge is 2.18. The summed E-state index contributed by atoms with van der Waals surface area (Å²) in [6, 6.07) is 7.66. The molecule has 0 unspecified atom stereocenters. The smallest absolute Gasteiger partial charge is 0.338 e. The lowest BCUT2D eigenvalue weighted by Gasteiger charge is -2.26. The molecule has 0 spiro atoms. The molecule has 20 heavy (non-hydrogen) atoms. The molecule has 0 N–H and O–H groups in total. The maximum atomic E-state index is 11.9. The fraction of sp³-hybridized carbons (Fsp3) is 0.562. The lowest BCUT2D eigenvalue weighted by atomic mass is 10.1. The van der Waals surface area contributed by atoms with E-state index in [1.807, 2.05) is 45.0 Å². The summed E-state index contributed by atoms with van der Waals surface area (Å²) < 4.78 is 10.7. The summed E-state index contributed by atoms with van der Waals surface area (Å²) in [5.41, 5.74) is 1.36. The number of benzene rings is 1. The van der Waals surface area contributed by atoms with Gasteiger partial charge in [-0.25, -0.2) is 4.79 Å². The topological polar surface area (TPSA) is 38.8 Å². The maximum Gasteiger partial charge on any atom is 0.338 e. The minimum atomic E-state index is -0.455. The van der Waals surface area contributed by atoms with Crippen LogP contribution in [0.15, 0.2) is 24.3 Å². The molecule has 0 atom stereocenters. The standard InChI is InChI=1S/C16H23NO3/c1-16(2,3)20-15(18)14-6-4-13(5-7-14)12-17-8-10-19-11-9-17/h4-7H,8-12H2,1-3H3. The number of carbonyl (C=O) groups is 1. The molecule has 0 saturated carbocycles. The van der Waals surface area contributed by atoms with Crippen molar-refractivity contribution in [1.29, 1.82) is 0 Å². The van der Waals surface area contributed by atoms with E-state index in [0.29, 0.717) is 5.56 Å². The van der Waals surface area contributed by atoms with Crippen LogP contribution >= 0.6 is 0 Å². The molecule has 0 bridgehead atoms. The second-order valence-electron chi connectivity index (χ2n) is 6.09. The zero-order valence-electron chi connectivity index (χ0n) is 12.5. The molecular weight excluding hydrogens is 254 g/mol. The van der Waals surface area contributed by atoms with Gasteiger partial charge < -0.3 is 9.47 Å². The third kappa shape index (κ3) is 4.62. The Morgan fingerprint density at radius 1 is 1.20 bits per heavy atom. The highest BCUT2D eigenvalue weighted by atomic mass is 16.6. The average Bonchev–Trinajstić information content (AvgIpc) is 2.39. The minimum absolute atomic E-state index is 0.268. The van der Waals surface area contributed by atoms with E-state index in [2.05, 4.69) is 4.90 Å². The molecule has 4 nitrogen and oxygen atoms in total. The Balaban J connectivity index is 1.93. The molecular formula is C16H23NO3. The van der Waals surface area contributed by atoms with Crippen LogP contribution in [0, 0.1) is 0 Å². The van der Waals surface area contributed by atoms with Gasteiger partial charge in [-0.1, -0.05) is 12.1 Å². The van der Waals surface area contributed by atoms with Crippen molar-refractivity contribution in [2.75, 3.05) is 26.3 Å². The van der Waals surface area contributed by atoms with E-state index in [9.17, 15) is 4.79 Å². The average molecular weight is 277 g/mol. The lowest BCUT2D eigenvalue weighted by Crippen LogP contribution is -2.35. The van der Waals surface area contributed by atoms with Gasteiger partial charge in [0, 0.05) is 19.6 Å². The predicted octanol–water partition coefficient (Wildman–Crippen LogP) is 2.47. The SMILES string of the molecule is CC(C)(C)OC(=O)c1ccc(CN2CCOCC2)cc1. The van der Waals surface area contributed by atoms with Crippen LogP contribution in [-0.2, 0) is 16.0 Å². The van der Waals surface area contributed by atoms with E-state index in [4.69, 9.17) is 9.47 Å². The molecule has 1 saturated heterocycles. The van der Waals surface area contributed by atoms with Crippen LogP contribution in [0.25, 0.3) is 0 Å². The van der Waals surface area contributed by atoms with E-state index in [1.54, 1.807) is 0 Å². The Morgan fingerprint density at radius 2 is 1.80 bits per heavy atom. The van der Waals surface area contributed by atoms with Gasteiger partial charge >= 0.3 is 5.97 Å². The molecule has 4 heteroatoms. The van der Waals surface area contributed by atoms with E-state index in [-0.39, 0.29) is 5.97 Å². The number of esters is 1. The first kappa shape index (κ1) is 15.0. The highest BCUT2D eigenvalue weighted by Crippen LogP contribution is 2.14. The van der Waals surface area contributed by atoms with Crippen molar-refractivity contribution in [3.63, 3.8) is 0 Å². The van der Waals surface area contributed by atoms with Crippen molar-refractivity contribution in [2.24, 2.45) is 0 Å². The molecule has 0 aromatic heterocycles. The summed E-state index contributed by atoms with van der Waals surface area (Å²) in [5.74, 6) is -0.268. The molecule has 0 radical (unpaired) electrons. The number of morpholine rings is 1. The van der Waals surface area contributed by atoms with Gasteiger partial charge in [0.15, 0.2) is 0 Å². The van der Waals surface area contributed by atoms with Gasteiger partial charge in [-0.05, 0) is 38.5 Å². The third-order valence-electron chi connectivity index (χ3n) is 3.10. The van der Waals surface area contributed by atoms with E-state index in [1.165, 1.54) is 5.56 Å². The van der Waals surface area contributed by atoms with Crippen LogP contribution in [-0.4, -0.2) is 42.8 Å². The fourth-order valence-corrected chi connectivity index (χ4v) is 2.10. The van der Waals surface area contributed by atoms with Crippen LogP contribution in [0.3, 0.4) is 0 Å². The summed E-state index contributed by atoms with van der Waals surface area (Å²) in [6.07, 6.45) is 0. The molecule has 1 aliphatic rings. The zero-order valence-corrected chi connectivity index (χ0v) is 12.5. The summed E-state index contributed by atoms with van der Waals surface area (Å²) in [5, 5.41) is 0. The maximum absolute atomic E-state index is 11.9. The van der Waals surface area contributed by atoms with Crippen LogP contribution in [0.2, 0.25) is 0 Å². The molecule has 1 aromatic rings. The number of carbonyl (C=O) groups excluding carboxylic acids is 1. The quantitative estimate of drug-likeness (QED) is 0.796. The number of rotatable bonds is 3. The van der Waals surface area contributed by atoms with Gasteiger partial charge in [0.2, 0.25) is 0 Å². The largest absolute Gasteiger partial charge is 0.456 e. The first-order valence-corrected chi connectivity index (χ1v) is 7.06. The van der Waals surface area contributed by atoms with Gasteiger partial charge in [-0.2, -0.15) is 0 Å². The molecule has 110 valence electrons. The van der Waals surface area contributed by atoms with Crippen molar-refractivity contribution < 1.29 is 14.3 Å². The van der Waals surface area contributed by atoms with Crippen LogP contribution < -0.4 is 0 Å². The summed E-state index contributed by atoms with van der Waals surface area (Å²) in [4.78, 5) is 14.3. The number of nitrogens with zero attached hydrogens (tertiary/aromatic N) is 1. The Labute approximate surface area is 120 Å². The van der Waals surface area contributed by atoms with Gasteiger partial charge in [0.1, 0.15) is 5.60 Å². The Hall–Kier alpha value is -1.39. The van der Waals surface area contributed by atoms with Gasteiger partial charge in [0.25, 0.3) is 0 Å². The summed E-state index contributed by atoms with van der Waals surface area (Å²) in [7, 11) is 0. The summed E-state index contributed by atoms with van der Waals surface area (Å²) >= 11 is 0. The zero-order chi connectivity index (χ0) is 14.6. The molecule has 1 heterocycles. The van der Waals surface area contributed by atoms with Gasteiger partial charge in [-0.15, -0.1) is 0 Å². The van der Waals surface area contributed by atoms with Crippen molar-refractivity contribution in [1.82, 2.24) is 4.90 Å². The first-order chi connectivity index (χ1) is 9.44. The molecule has 0 aliphatic carbocycles. The van der Waals surface area contributed by atoms with Crippen LogP contribution in [0.4, 0.5) is 0 Å². The fourth-order valence-electron chi connectivity index (χ4n) is 2.10. The molecule has 1 aromatic carbocycles. The van der Waals surface area contributed by atoms with E-state index in [0.717, 1.165) is 32.8 Å². The van der Waals surface area contributed by atoms with Crippen molar-refractivity contribution in [3.8, 4) is 0 Å². The van der Waals surface area contributed by atoms with Gasteiger partial charge in [0.05, 0.1) is 18.8 Å². The molecule has 1 fully saturated rings. The Morgan fingerprint density at radius 3 is 2.35 bits per heavy atom. The van der Waals surface area contributed by atoms with Crippen LogP contribution in [0.5, 0.6) is 0 Å². The van der Waals surface area contributed by atoms with Crippen molar-refractivity contribution >= 4 is 5.97 Å². The third-order valence-corrected chi connectivity index (χ3v) is 3.10. The van der Waals surface area contributed by atoms with Crippen molar-refractivity contribution in [2.45, 2.75) is 32.9 Å². The number of ether oxygens (including phenoxy) is 2. The Bertz CT molecular complexity index is 442. The number of hydrogen-bond donors (Lipinski definition) is 0. The monoisotopic (exact) mass is 277 g/mol. The lowest BCUT2D eigenvalue weighted by molar-refractivity contribution is 0.00695. The van der Waals surface area contributed by atoms with Crippen molar-refractivity contribution in [3.05, 3.63) is 35.4 Å². The van der Waals surface area contributed by atoms with E-state index < -0.39 is 5.60 Å². The second-order valence-corrected chi connectivity index (χ2v) is 6.09. The highest BCUT2D eigenvalue weighted by molar-refractivity contribution is 5.89. The molecule has 1 aliphatic heterocycles. The Kier molecular flexibility index (Phi) is 4.78. The van der Waals surface area contributed by atoms with E-state index >= 15 is 0 Å². The van der Waals surface area contributed by atoms with Gasteiger partial charge in [-0.3, -0.25) is 4.90 Å². The first-order valence-electron chi connectivity index (χ1n) is 7.06. The normalized spacial score (nSPS) is 16.9. The van der Waals surface area contributed by atoms with Crippen LogP contribution in [0.1, 0.15) is 36.7 Å². The molecule has 2 rings (SSSR count). The summed E-state index contributed by atoms with van der Waals surface area (Å²) in [6.45, 7) is 10.1. The minimum Gasteiger partial charge on any atom is -0.456 e. The number of hydrogen-bond acceptors (Lipinski definition) is 4. The molecule has 0 amide bonds. The second kappa shape index (κ2) is 6.37.